The highest BCUT2D eigenvalue weighted by molar-refractivity contribution is 9.11. The topological polar surface area (TPSA) is 47.0 Å². The first kappa shape index (κ1) is 11.0. The van der Waals surface area contributed by atoms with Gasteiger partial charge in [-0.3, -0.25) is 0 Å². The van der Waals surface area contributed by atoms with Gasteiger partial charge in [0.15, 0.2) is 0 Å². The number of hydrogen-bond donors (Lipinski definition) is 1. The smallest absolute Gasteiger partial charge is 0.218 e. The van der Waals surface area contributed by atoms with Gasteiger partial charge in [-0.05, 0) is 6.92 Å². The van der Waals surface area contributed by atoms with E-state index in [1.807, 2.05) is 6.92 Å². The van der Waals surface area contributed by atoms with Crippen LogP contribution in [0.2, 0.25) is 0 Å². The van der Waals surface area contributed by atoms with E-state index in [-0.39, 0.29) is 0 Å². The van der Waals surface area contributed by atoms with Crippen molar-refractivity contribution in [2.24, 2.45) is 0 Å². The van der Waals surface area contributed by atoms with Crippen LogP contribution >= 0.6 is 15.9 Å². The summed E-state index contributed by atoms with van der Waals surface area (Å²) in [5.41, 5.74) is 0. The van der Waals surface area contributed by atoms with Crippen molar-refractivity contribution in [2.75, 3.05) is 19.0 Å². The first-order chi connectivity index (χ1) is 6.61. The van der Waals surface area contributed by atoms with Crippen molar-refractivity contribution in [1.82, 2.24) is 9.97 Å². The van der Waals surface area contributed by atoms with Gasteiger partial charge in [-0.15, -0.1) is 0 Å². The van der Waals surface area contributed by atoms with Gasteiger partial charge in [0.2, 0.25) is 5.88 Å². The molecule has 0 spiro atoms. The van der Waals surface area contributed by atoms with Crippen molar-refractivity contribution in [2.45, 2.75) is 6.92 Å². The van der Waals surface area contributed by atoms with Gasteiger partial charge < -0.3 is 10.1 Å². The molecule has 1 aromatic rings. The van der Waals surface area contributed by atoms with Crippen molar-refractivity contribution < 1.29 is 4.74 Å². The van der Waals surface area contributed by atoms with E-state index in [0.717, 1.165) is 10.3 Å². The monoisotopic (exact) mass is 257 g/mol. The van der Waals surface area contributed by atoms with Gasteiger partial charge in [-0.25, -0.2) is 4.98 Å². The number of hydrogen-bond acceptors (Lipinski definition) is 4. The van der Waals surface area contributed by atoms with E-state index in [2.05, 4.69) is 37.8 Å². The van der Waals surface area contributed by atoms with Crippen LogP contribution in [0, 0.1) is 6.92 Å². The molecule has 0 amide bonds. The van der Waals surface area contributed by atoms with Gasteiger partial charge in [0.05, 0.1) is 7.11 Å². The maximum atomic E-state index is 5.02. The number of halogens is 1. The number of aromatic nitrogens is 2. The lowest BCUT2D eigenvalue weighted by Gasteiger charge is -2.06. The van der Waals surface area contributed by atoms with Gasteiger partial charge >= 0.3 is 0 Å². The molecule has 4 nitrogen and oxygen atoms in total. The van der Waals surface area contributed by atoms with Crippen molar-refractivity contribution in [3.63, 3.8) is 0 Å². The molecule has 1 N–H and O–H groups in total. The molecule has 0 aliphatic heterocycles. The highest BCUT2D eigenvalue weighted by Gasteiger charge is 2.00. The Morgan fingerprint density at radius 3 is 2.93 bits per heavy atom. The zero-order valence-electron chi connectivity index (χ0n) is 8.17. The molecule has 0 fully saturated rings. The molecule has 0 aliphatic rings. The Labute approximate surface area is 91.5 Å². The van der Waals surface area contributed by atoms with Gasteiger partial charge in [-0.1, -0.05) is 22.5 Å². The van der Waals surface area contributed by atoms with Crippen molar-refractivity contribution in [3.05, 3.63) is 23.0 Å². The molecular formula is C9H12BrN3O. The normalized spacial score (nSPS) is 9.64. The standard InChI is InChI=1S/C9H12BrN3O/c1-6(10)5-11-8-4-9(14-3)13-7(2)12-8/h4H,1,5H2,2-3H3,(H,11,12,13). The van der Waals surface area contributed by atoms with Gasteiger partial charge in [0.25, 0.3) is 0 Å². The van der Waals surface area contributed by atoms with Gasteiger partial charge in [0.1, 0.15) is 11.6 Å². The summed E-state index contributed by atoms with van der Waals surface area (Å²) in [4.78, 5) is 8.26. The largest absolute Gasteiger partial charge is 0.481 e. The summed E-state index contributed by atoms with van der Waals surface area (Å²) in [5.74, 6) is 1.96. The molecule has 1 aromatic heterocycles. The van der Waals surface area contributed by atoms with E-state index < -0.39 is 0 Å². The van der Waals surface area contributed by atoms with Crippen LogP contribution < -0.4 is 10.1 Å². The Hall–Kier alpha value is -1.10. The predicted molar refractivity (Wildman–Crippen MR) is 59.9 cm³/mol. The number of nitrogens with one attached hydrogen (secondary N) is 1. The Balaban J connectivity index is 2.76. The third kappa shape index (κ3) is 3.33. The average molecular weight is 258 g/mol. The summed E-state index contributed by atoms with van der Waals surface area (Å²) < 4.78 is 5.89. The summed E-state index contributed by atoms with van der Waals surface area (Å²) in [6, 6.07) is 1.74. The number of nitrogens with zero attached hydrogens (tertiary/aromatic N) is 2. The fourth-order valence-electron chi connectivity index (χ4n) is 0.922. The van der Waals surface area contributed by atoms with E-state index in [4.69, 9.17) is 4.74 Å². The lowest BCUT2D eigenvalue weighted by atomic mass is 10.5. The Kier molecular flexibility index (Phi) is 3.88. The number of methoxy groups -OCH3 is 1. The molecule has 5 heteroatoms. The summed E-state index contributed by atoms with van der Waals surface area (Å²) >= 11 is 3.25. The second kappa shape index (κ2) is 4.95. The summed E-state index contributed by atoms with van der Waals surface area (Å²) in [5, 5.41) is 3.08. The third-order valence-electron chi connectivity index (χ3n) is 1.48. The Bertz CT molecular complexity index is 341. The van der Waals surface area contributed by atoms with Gasteiger partial charge in [-0.2, -0.15) is 4.98 Å². The van der Waals surface area contributed by atoms with E-state index in [0.29, 0.717) is 18.2 Å². The number of ether oxygens (including phenoxy) is 1. The molecule has 0 aromatic carbocycles. The molecule has 0 atom stereocenters. The molecule has 14 heavy (non-hydrogen) atoms. The molecule has 0 saturated heterocycles. The second-order valence-electron chi connectivity index (χ2n) is 2.71. The van der Waals surface area contributed by atoms with Crippen LogP contribution in [0.25, 0.3) is 0 Å². The predicted octanol–water partition coefficient (Wildman–Crippen LogP) is 2.11. The SMILES string of the molecule is C=C(Br)CNc1cc(OC)nc(C)n1. The van der Waals surface area contributed by atoms with Crippen LogP contribution in [0.3, 0.4) is 0 Å². The molecule has 76 valence electrons. The number of anilines is 1. The Morgan fingerprint density at radius 2 is 2.36 bits per heavy atom. The summed E-state index contributed by atoms with van der Waals surface area (Å²) in [6.45, 7) is 6.16. The summed E-state index contributed by atoms with van der Waals surface area (Å²) in [7, 11) is 1.58. The van der Waals surface area contributed by atoms with Crippen LogP contribution in [0.5, 0.6) is 5.88 Å². The van der Waals surface area contributed by atoms with E-state index in [9.17, 15) is 0 Å². The fourth-order valence-corrected chi connectivity index (χ4v) is 1.06. The highest BCUT2D eigenvalue weighted by Crippen LogP contribution is 2.13. The van der Waals surface area contributed by atoms with Crippen LogP contribution in [-0.4, -0.2) is 23.6 Å². The summed E-state index contributed by atoms with van der Waals surface area (Å²) in [6.07, 6.45) is 0. The van der Waals surface area contributed by atoms with E-state index >= 15 is 0 Å². The number of rotatable bonds is 4. The molecule has 0 radical (unpaired) electrons. The lowest BCUT2D eigenvalue weighted by molar-refractivity contribution is 0.396. The van der Waals surface area contributed by atoms with E-state index in [1.165, 1.54) is 0 Å². The van der Waals surface area contributed by atoms with E-state index in [1.54, 1.807) is 13.2 Å². The second-order valence-corrected chi connectivity index (χ2v) is 3.84. The molecule has 1 rings (SSSR count). The lowest BCUT2D eigenvalue weighted by Crippen LogP contribution is -2.05. The maximum Gasteiger partial charge on any atom is 0.218 e. The highest BCUT2D eigenvalue weighted by atomic mass is 79.9. The van der Waals surface area contributed by atoms with Crippen molar-refractivity contribution in [3.8, 4) is 5.88 Å². The molecule has 0 bridgehead atoms. The van der Waals surface area contributed by atoms with Crippen LogP contribution in [0.4, 0.5) is 5.82 Å². The van der Waals surface area contributed by atoms with Crippen LogP contribution in [0.1, 0.15) is 5.82 Å². The van der Waals surface area contributed by atoms with Crippen molar-refractivity contribution >= 4 is 21.7 Å². The minimum atomic E-state index is 0.556. The average Bonchev–Trinajstić information content (AvgIpc) is 2.14. The number of aryl methyl sites for hydroxylation is 1. The molecule has 0 unspecified atom stereocenters. The van der Waals surface area contributed by atoms with Crippen LogP contribution in [0.15, 0.2) is 17.1 Å². The first-order valence-electron chi connectivity index (χ1n) is 4.08. The minimum Gasteiger partial charge on any atom is -0.481 e. The molecule has 0 aliphatic carbocycles. The Morgan fingerprint density at radius 1 is 1.64 bits per heavy atom. The molecular weight excluding hydrogens is 246 g/mol. The minimum absolute atomic E-state index is 0.556. The zero-order chi connectivity index (χ0) is 10.6. The zero-order valence-corrected chi connectivity index (χ0v) is 9.76. The fraction of sp³-hybridized carbons (Fsp3) is 0.333. The quantitative estimate of drug-likeness (QED) is 0.898. The third-order valence-corrected chi connectivity index (χ3v) is 1.77. The van der Waals surface area contributed by atoms with Gasteiger partial charge in [0, 0.05) is 17.1 Å². The van der Waals surface area contributed by atoms with Crippen LogP contribution in [-0.2, 0) is 0 Å². The van der Waals surface area contributed by atoms with Crippen molar-refractivity contribution in [1.29, 1.82) is 0 Å². The maximum absolute atomic E-state index is 5.02. The first-order valence-corrected chi connectivity index (χ1v) is 4.88. The molecule has 0 saturated carbocycles. The molecule has 1 heterocycles.